The van der Waals surface area contributed by atoms with Gasteiger partial charge in [0, 0.05) is 29.5 Å². The quantitative estimate of drug-likeness (QED) is 0.525. The predicted octanol–water partition coefficient (Wildman–Crippen LogP) is 0.995. The van der Waals surface area contributed by atoms with Gasteiger partial charge in [0.25, 0.3) is 0 Å². The first kappa shape index (κ1) is 19.4. The van der Waals surface area contributed by atoms with E-state index in [9.17, 15) is 14.4 Å². The van der Waals surface area contributed by atoms with Crippen molar-refractivity contribution in [3.63, 3.8) is 0 Å². The molecule has 1 aromatic heterocycles. The van der Waals surface area contributed by atoms with Gasteiger partial charge in [-0.2, -0.15) is 4.98 Å². The van der Waals surface area contributed by atoms with Gasteiger partial charge >= 0.3 is 11.8 Å². The van der Waals surface area contributed by atoms with Crippen molar-refractivity contribution in [2.24, 2.45) is 0 Å². The fourth-order valence-corrected chi connectivity index (χ4v) is 1.99. The number of amides is 3. The largest absolute Gasteiger partial charge is 0.346 e. The van der Waals surface area contributed by atoms with Crippen molar-refractivity contribution in [1.82, 2.24) is 26.3 Å². The Labute approximate surface area is 154 Å². The second-order valence-corrected chi connectivity index (χ2v) is 6.09. The molecule has 0 aliphatic carbocycles. The molecule has 0 radical (unpaired) electrons. The highest BCUT2D eigenvalue weighted by atomic mass is 35.5. The Morgan fingerprint density at radius 2 is 1.81 bits per heavy atom. The lowest BCUT2D eigenvalue weighted by molar-refractivity contribution is -0.141. The Morgan fingerprint density at radius 3 is 2.46 bits per heavy atom. The molecule has 0 bridgehead atoms. The third-order valence-corrected chi connectivity index (χ3v) is 3.33. The molecule has 0 saturated heterocycles. The molecule has 0 fully saturated rings. The molecule has 0 unspecified atom stereocenters. The molecule has 10 heteroatoms. The third-order valence-electron chi connectivity index (χ3n) is 3.08. The molecule has 9 nitrogen and oxygen atoms in total. The van der Waals surface area contributed by atoms with Gasteiger partial charge in [0.1, 0.15) is 0 Å². The molecule has 0 aliphatic heterocycles. The average molecular weight is 380 g/mol. The van der Waals surface area contributed by atoms with E-state index in [1.54, 1.807) is 38.1 Å². The van der Waals surface area contributed by atoms with Gasteiger partial charge < -0.3 is 9.84 Å². The maximum Gasteiger partial charge on any atom is 0.327 e. The summed E-state index contributed by atoms with van der Waals surface area (Å²) < 4.78 is 5.08. The number of hydrogen-bond acceptors (Lipinski definition) is 6. The maximum atomic E-state index is 11.7. The van der Waals surface area contributed by atoms with Crippen LogP contribution in [0.25, 0.3) is 11.4 Å². The summed E-state index contributed by atoms with van der Waals surface area (Å²) >= 11 is 5.82. The summed E-state index contributed by atoms with van der Waals surface area (Å²) in [4.78, 5) is 38.7. The number of nitrogens with zero attached hydrogens (tertiary/aromatic N) is 2. The summed E-state index contributed by atoms with van der Waals surface area (Å²) in [5, 5.41) is 6.83. The number of halogens is 1. The van der Waals surface area contributed by atoms with Gasteiger partial charge in [0.2, 0.25) is 17.6 Å². The van der Waals surface area contributed by atoms with E-state index < -0.39 is 17.7 Å². The van der Waals surface area contributed by atoms with Crippen molar-refractivity contribution in [1.29, 1.82) is 0 Å². The molecule has 0 spiro atoms. The van der Waals surface area contributed by atoms with Gasteiger partial charge in [0.15, 0.2) is 0 Å². The lowest BCUT2D eigenvalue weighted by Crippen LogP contribution is -2.49. The van der Waals surface area contributed by atoms with Gasteiger partial charge in [-0.15, -0.1) is 0 Å². The van der Waals surface area contributed by atoms with Crippen molar-refractivity contribution in [3.05, 3.63) is 35.2 Å². The van der Waals surface area contributed by atoms with Gasteiger partial charge in [-0.3, -0.25) is 25.2 Å². The maximum absolute atomic E-state index is 11.7. The highest BCUT2D eigenvalue weighted by Crippen LogP contribution is 2.18. The van der Waals surface area contributed by atoms with E-state index >= 15 is 0 Å². The molecular weight excluding hydrogens is 362 g/mol. The smallest absolute Gasteiger partial charge is 0.327 e. The second kappa shape index (κ2) is 8.95. The molecule has 1 aromatic carbocycles. The van der Waals surface area contributed by atoms with E-state index in [-0.39, 0.29) is 24.8 Å². The topological polar surface area (TPSA) is 126 Å². The molecule has 26 heavy (non-hydrogen) atoms. The van der Waals surface area contributed by atoms with E-state index in [1.807, 2.05) is 5.43 Å². The monoisotopic (exact) mass is 379 g/mol. The van der Waals surface area contributed by atoms with Crippen LogP contribution in [0.2, 0.25) is 5.02 Å². The van der Waals surface area contributed by atoms with Crippen LogP contribution in [0, 0.1) is 0 Å². The predicted molar refractivity (Wildman–Crippen MR) is 92.6 cm³/mol. The third kappa shape index (κ3) is 5.85. The Hall–Kier alpha value is -2.94. The highest BCUT2D eigenvalue weighted by molar-refractivity contribution is 6.35. The van der Waals surface area contributed by atoms with Crippen LogP contribution in [0.15, 0.2) is 28.8 Å². The van der Waals surface area contributed by atoms with Crippen molar-refractivity contribution < 1.29 is 18.9 Å². The lowest BCUT2D eigenvalue weighted by Gasteiger charge is -2.09. The summed E-state index contributed by atoms with van der Waals surface area (Å²) in [5.41, 5.74) is 4.91. The van der Waals surface area contributed by atoms with E-state index in [2.05, 4.69) is 20.9 Å². The Bertz CT molecular complexity index is 788. The van der Waals surface area contributed by atoms with Crippen LogP contribution in [0.5, 0.6) is 0 Å². The number of nitrogens with one attached hydrogen (secondary N) is 3. The van der Waals surface area contributed by atoms with Gasteiger partial charge in [-0.1, -0.05) is 16.8 Å². The van der Waals surface area contributed by atoms with Crippen LogP contribution in [0.4, 0.5) is 0 Å². The normalized spacial score (nSPS) is 10.5. The molecule has 0 saturated carbocycles. The molecule has 1 heterocycles. The van der Waals surface area contributed by atoms with Crippen LogP contribution < -0.4 is 16.2 Å². The van der Waals surface area contributed by atoms with Crippen LogP contribution in [-0.4, -0.2) is 33.9 Å². The van der Waals surface area contributed by atoms with E-state index in [1.165, 1.54) is 0 Å². The van der Waals surface area contributed by atoms with Gasteiger partial charge in [0.05, 0.1) is 0 Å². The molecule has 2 rings (SSSR count). The highest BCUT2D eigenvalue weighted by Gasteiger charge is 2.15. The van der Waals surface area contributed by atoms with Crippen LogP contribution >= 0.6 is 11.6 Å². The minimum atomic E-state index is -0.949. The molecule has 3 amide bonds. The van der Waals surface area contributed by atoms with E-state index in [4.69, 9.17) is 16.1 Å². The molecule has 0 atom stereocenters. The zero-order valence-corrected chi connectivity index (χ0v) is 15.0. The van der Waals surface area contributed by atoms with Crippen LogP contribution in [0.1, 0.15) is 26.2 Å². The summed E-state index contributed by atoms with van der Waals surface area (Å²) in [6.07, 6.45) is 0.175. The number of carbonyl (C=O) groups is 3. The van der Waals surface area contributed by atoms with Crippen molar-refractivity contribution in [3.8, 4) is 11.4 Å². The average Bonchev–Trinajstić information content (AvgIpc) is 3.06. The first-order chi connectivity index (χ1) is 12.3. The Morgan fingerprint density at radius 1 is 1.12 bits per heavy atom. The molecule has 3 N–H and O–H groups in total. The number of carbonyl (C=O) groups excluding carboxylic acids is 3. The molecule has 138 valence electrons. The number of aromatic nitrogens is 2. The molecular formula is C16H18ClN5O4. The number of rotatable bonds is 5. The molecule has 2 aromatic rings. The van der Waals surface area contributed by atoms with Crippen LogP contribution in [0.3, 0.4) is 0 Å². The van der Waals surface area contributed by atoms with Crippen molar-refractivity contribution in [2.45, 2.75) is 32.7 Å². The number of benzene rings is 1. The Balaban J connectivity index is 1.78. The minimum absolute atomic E-state index is 0.00562. The summed E-state index contributed by atoms with van der Waals surface area (Å²) in [6.45, 7) is 3.43. The minimum Gasteiger partial charge on any atom is -0.346 e. The van der Waals surface area contributed by atoms with E-state index in [0.717, 1.165) is 5.56 Å². The standard InChI is InChI=1S/C16H18ClN5O4/c1-9(2)18-15(24)16(25)21-20-12(23)7-8-13-19-14(22-26-13)10-3-5-11(17)6-4-10/h3-6,9H,7-8H2,1-2H3,(H,18,24)(H,20,23)(H,21,25). The number of hydrogen-bond donors (Lipinski definition) is 3. The Kier molecular flexibility index (Phi) is 6.67. The summed E-state index contributed by atoms with van der Waals surface area (Å²) in [5.74, 6) is -1.62. The fraction of sp³-hybridized carbons (Fsp3) is 0.312. The first-order valence-corrected chi connectivity index (χ1v) is 8.21. The molecule has 0 aliphatic rings. The van der Waals surface area contributed by atoms with Crippen molar-refractivity contribution in [2.75, 3.05) is 0 Å². The SMILES string of the molecule is CC(C)NC(=O)C(=O)NNC(=O)CCc1nc(-c2ccc(Cl)cc2)no1. The van der Waals surface area contributed by atoms with Gasteiger partial charge in [-0.05, 0) is 38.1 Å². The summed E-state index contributed by atoms with van der Waals surface area (Å²) in [7, 11) is 0. The van der Waals surface area contributed by atoms with E-state index in [0.29, 0.717) is 10.8 Å². The number of hydrazine groups is 1. The summed E-state index contributed by atoms with van der Waals surface area (Å²) in [6, 6.07) is 6.73. The number of aryl methyl sites for hydroxylation is 1. The van der Waals surface area contributed by atoms with Gasteiger partial charge in [-0.25, -0.2) is 0 Å². The zero-order chi connectivity index (χ0) is 19.1. The fourth-order valence-electron chi connectivity index (χ4n) is 1.87. The second-order valence-electron chi connectivity index (χ2n) is 5.65. The lowest BCUT2D eigenvalue weighted by atomic mass is 10.2. The van der Waals surface area contributed by atoms with Crippen LogP contribution in [-0.2, 0) is 20.8 Å². The van der Waals surface area contributed by atoms with Crippen molar-refractivity contribution >= 4 is 29.3 Å². The first-order valence-electron chi connectivity index (χ1n) is 7.83. The zero-order valence-electron chi connectivity index (χ0n) is 14.2.